The van der Waals surface area contributed by atoms with Gasteiger partial charge in [-0.25, -0.2) is 9.18 Å². The molecule has 1 heterocycles. The summed E-state index contributed by atoms with van der Waals surface area (Å²) in [5, 5.41) is 12.4. The van der Waals surface area contributed by atoms with E-state index < -0.39 is 18.1 Å². The molecule has 2 aromatic carbocycles. The average molecular weight is 378 g/mol. The van der Waals surface area contributed by atoms with Crippen LogP contribution >= 0.6 is 0 Å². The molecule has 0 aliphatic rings. The van der Waals surface area contributed by atoms with Crippen molar-refractivity contribution in [2.75, 3.05) is 0 Å². The molecule has 0 bridgehead atoms. The van der Waals surface area contributed by atoms with E-state index in [2.05, 4.69) is 5.10 Å². The molecule has 0 spiro atoms. The average Bonchev–Trinajstić information content (AvgIpc) is 2.95. The Bertz CT molecular complexity index is 1050. The minimum atomic E-state index is -4.78. The van der Waals surface area contributed by atoms with Crippen LogP contribution in [0.4, 0.5) is 17.6 Å². The van der Waals surface area contributed by atoms with Gasteiger partial charge < -0.3 is 5.11 Å². The number of rotatable bonds is 4. The largest absolute Gasteiger partial charge is 0.505 e. The third-order valence-corrected chi connectivity index (χ3v) is 4.03. The summed E-state index contributed by atoms with van der Waals surface area (Å²) >= 11 is 0. The number of halogens is 4. The normalized spacial score (nSPS) is 12.2. The van der Waals surface area contributed by atoms with Gasteiger partial charge in [-0.2, -0.15) is 9.78 Å². The molecule has 4 nitrogen and oxygen atoms in total. The summed E-state index contributed by atoms with van der Waals surface area (Å²) in [7, 11) is 0. The van der Waals surface area contributed by atoms with Gasteiger partial charge in [0.2, 0.25) is 0 Å². The number of benzene rings is 2. The Labute approximate surface area is 151 Å². The smallest absolute Gasteiger partial charge is 0.478 e. The summed E-state index contributed by atoms with van der Waals surface area (Å²) in [4.78, 5) is 10.8. The first kappa shape index (κ1) is 18.6. The molecule has 27 heavy (non-hydrogen) atoms. The quantitative estimate of drug-likeness (QED) is 0.531. The molecule has 0 fully saturated rings. The van der Waals surface area contributed by atoms with Crippen LogP contribution in [0.5, 0.6) is 0 Å². The summed E-state index contributed by atoms with van der Waals surface area (Å²) < 4.78 is 54.0. The summed E-state index contributed by atoms with van der Waals surface area (Å²) in [6.07, 6.45) is -3.02. The van der Waals surface area contributed by atoms with Crippen LogP contribution in [-0.4, -0.2) is 20.9 Å². The fourth-order valence-electron chi connectivity index (χ4n) is 2.88. The van der Waals surface area contributed by atoms with Crippen LogP contribution in [0.3, 0.4) is 0 Å². The van der Waals surface area contributed by atoms with E-state index in [1.807, 2.05) is 0 Å². The molecular formula is C19H14F4N2O2. The van der Waals surface area contributed by atoms with Crippen LogP contribution in [0.15, 0.2) is 42.5 Å². The number of carboxylic acid groups (broad SMARTS) is 1. The molecule has 0 amide bonds. The number of hydrogen-bond donors (Lipinski definition) is 1. The van der Waals surface area contributed by atoms with Gasteiger partial charge in [-0.1, -0.05) is 24.3 Å². The molecule has 0 saturated carbocycles. The van der Waals surface area contributed by atoms with E-state index in [4.69, 9.17) is 5.11 Å². The molecule has 8 heteroatoms. The fraction of sp³-hybridized carbons (Fsp3) is 0.158. The highest BCUT2D eigenvalue weighted by Crippen LogP contribution is 2.32. The summed E-state index contributed by atoms with van der Waals surface area (Å²) in [5.74, 6) is -1.77. The molecule has 3 aromatic rings. The second-order valence-electron chi connectivity index (χ2n) is 6.02. The first-order valence-corrected chi connectivity index (χ1v) is 7.90. The Morgan fingerprint density at radius 1 is 1.22 bits per heavy atom. The lowest BCUT2D eigenvalue weighted by Crippen LogP contribution is -2.18. The van der Waals surface area contributed by atoms with Crippen molar-refractivity contribution in [3.05, 3.63) is 70.7 Å². The Balaban J connectivity index is 2.21. The monoisotopic (exact) mass is 378 g/mol. The van der Waals surface area contributed by atoms with Crippen molar-refractivity contribution in [2.24, 2.45) is 0 Å². The molecule has 1 N–H and O–H groups in total. The van der Waals surface area contributed by atoms with E-state index in [1.165, 1.54) is 18.2 Å². The second kappa shape index (κ2) is 6.86. The Hall–Kier alpha value is -3.16. The second-order valence-corrected chi connectivity index (χ2v) is 6.02. The number of fused-ring (bicyclic) bond motifs is 1. The number of aryl methyl sites for hydroxylation is 1. The highest BCUT2D eigenvalue weighted by Gasteiger charge is 2.34. The maximum atomic E-state index is 14.2. The molecular weight excluding hydrogens is 364 g/mol. The van der Waals surface area contributed by atoms with E-state index in [-0.39, 0.29) is 27.7 Å². The minimum Gasteiger partial charge on any atom is -0.478 e. The maximum Gasteiger partial charge on any atom is 0.505 e. The van der Waals surface area contributed by atoms with Crippen LogP contribution in [-0.2, 0) is 17.5 Å². The lowest BCUT2D eigenvalue weighted by molar-refractivity contribution is -0.209. The highest BCUT2D eigenvalue weighted by molar-refractivity contribution is 5.94. The van der Waals surface area contributed by atoms with Crippen molar-refractivity contribution in [1.29, 1.82) is 0 Å². The molecule has 0 aliphatic carbocycles. The van der Waals surface area contributed by atoms with Crippen molar-refractivity contribution in [2.45, 2.75) is 19.6 Å². The first-order chi connectivity index (χ1) is 12.7. The lowest BCUT2D eigenvalue weighted by atomic mass is 9.99. The van der Waals surface area contributed by atoms with Crippen LogP contribution in [0.1, 0.15) is 22.4 Å². The SMILES string of the molecule is Cc1ccc(Cc2cccc3c2c(/C=C/C(=O)O)nn3C(F)(F)F)c(F)c1. The zero-order valence-corrected chi connectivity index (χ0v) is 14.1. The number of nitrogens with zero attached hydrogens (tertiary/aromatic N) is 2. The van der Waals surface area contributed by atoms with E-state index in [0.29, 0.717) is 17.2 Å². The van der Waals surface area contributed by atoms with Crippen LogP contribution < -0.4 is 0 Å². The summed E-state index contributed by atoms with van der Waals surface area (Å²) in [6.45, 7) is 1.73. The van der Waals surface area contributed by atoms with Crippen molar-refractivity contribution in [1.82, 2.24) is 9.78 Å². The molecule has 1 aromatic heterocycles. The van der Waals surface area contributed by atoms with Crippen molar-refractivity contribution < 1.29 is 27.5 Å². The zero-order chi connectivity index (χ0) is 19.8. The molecule has 140 valence electrons. The van der Waals surface area contributed by atoms with E-state index in [0.717, 1.165) is 11.6 Å². The minimum absolute atomic E-state index is 0.0426. The van der Waals surface area contributed by atoms with E-state index >= 15 is 0 Å². The molecule has 0 atom stereocenters. The van der Waals surface area contributed by atoms with Gasteiger partial charge in [0.15, 0.2) is 0 Å². The van der Waals surface area contributed by atoms with Crippen LogP contribution in [0.25, 0.3) is 17.0 Å². The van der Waals surface area contributed by atoms with Crippen molar-refractivity contribution in [3.8, 4) is 0 Å². The summed E-state index contributed by atoms with van der Waals surface area (Å²) in [5.41, 5.74) is 1.09. The first-order valence-electron chi connectivity index (χ1n) is 7.90. The number of carbonyl (C=O) groups is 1. The molecule has 0 radical (unpaired) electrons. The Morgan fingerprint density at radius 3 is 2.59 bits per heavy atom. The van der Waals surface area contributed by atoms with Gasteiger partial charge in [-0.15, -0.1) is 13.2 Å². The van der Waals surface area contributed by atoms with Gasteiger partial charge in [0.1, 0.15) is 5.82 Å². The van der Waals surface area contributed by atoms with Gasteiger partial charge in [-0.05, 0) is 41.8 Å². The summed E-state index contributed by atoms with van der Waals surface area (Å²) in [6, 6.07) is 8.87. The molecule has 0 aliphatic heterocycles. The standard InChI is InChI=1S/C19H14F4N2O2/c1-11-5-6-12(14(20)9-11)10-13-3-2-4-16-18(13)15(7-8-17(26)27)24-25(16)19(21,22)23/h2-9H,10H2,1H3,(H,26,27)/b8-7+. The van der Waals surface area contributed by atoms with Gasteiger partial charge in [0.05, 0.1) is 11.2 Å². The predicted octanol–water partition coefficient (Wildman–Crippen LogP) is 4.65. The number of alkyl halides is 3. The number of aliphatic carboxylic acids is 1. The molecule has 0 saturated heterocycles. The van der Waals surface area contributed by atoms with E-state index in [9.17, 15) is 22.4 Å². The topological polar surface area (TPSA) is 55.1 Å². The zero-order valence-electron chi connectivity index (χ0n) is 14.1. The fourth-order valence-corrected chi connectivity index (χ4v) is 2.88. The van der Waals surface area contributed by atoms with E-state index in [1.54, 1.807) is 25.1 Å². The van der Waals surface area contributed by atoms with Gasteiger partial charge in [0, 0.05) is 17.9 Å². The predicted molar refractivity (Wildman–Crippen MR) is 91.6 cm³/mol. The Kier molecular flexibility index (Phi) is 4.73. The number of carboxylic acids is 1. The van der Waals surface area contributed by atoms with Crippen molar-refractivity contribution in [3.63, 3.8) is 0 Å². The molecule has 3 rings (SSSR count). The van der Waals surface area contributed by atoms with Gasteiger partial charge >= 0.3 is 12.3 Å². The maximum absolute atomic E-state index is 14.2. The van der Waals surface area contributed by atoms with Gasteiger partial charge in [-0.3, -0.25) is 0 Å². The molecule has 0 unspecified atom stereocenters. The van der Waals surface area contributed by atoms with Crippen LogP contribution in [0.2, 0.25) is 0 Å². The lowest BCUT2D eigenvalue weighted by Gasteiger charge is -2.09. The number of hydrogen-bond acceptors (Lipinski definition) is 2. The highest BCUT2D eigenvalue weighted by atomic mass is 19.4. The third kappa shape index (κ3) is 3.84. The van der Waals surface area contributed by atoms with Crippen LogP contribution in [0, 0.1) is 12.7 Å². The Morgan fingerprint density at radius 2 is 1.96 bits per heavy atom. The van der Waals surface area contributed by atoms with Crippen molar-refractivity contribution >= 4 is 22.9 Å². The van der Waals surface area contributed by atoms with Gasteiger partial charge in [0.25, 0.3) is 0 Å². The number of aromatic nitrogens is 2. The third-order valence-electron chi connectivity index (χ3n) is 4.03.